The van der Waals surface area contributed by atoms with Gasteiger partial charge in [0.15, 0.2) is 0 Å². The molecule has 3 fully saturated rings. The lowest BCUT2D eigenvalue weighted by atomic mass is 9.47. The topological polar surface area (TPSA) is 99.0 Å². The summed E-state index contributed by atoms with van der Waals surface area (Å²) in [6, 6.07) is -0.951. The summed E-state index contributed by atoms with van der Waals surface area (Å²) >= 11 is 0. The van der Waals surface area contributed by atoms with Crippen LogP contribution in [0.5, 0.6) is 0 Å². The van der Waals surface area contributed by atoms with Crippen molar-refractivity contribution < 1.29 is 24.9 Å². The fourth-order valence-corrected chi connectivity index (χ4v) is 12.0. The smallest absolute Gasteiger partial charge is 0.407 e. The van der Waals surface area contributed by atoms with Gasteiger partial charge in [0.2, 0.25) is 0 Å². The Bertz CT molecular complexity index is 1080. The van der Waals surface area contributed by atoms with E-state index in [4.69, 9.17) is 4.74 Å². The predicted molar refractivity (Wildman–Crippen MR) is 215 cm³/mol. The van der Waals surface area contributed by atoms with Crippen LogP contribution in [0.3, 0.4) is 0 Å². The van der Waals surface area contributed by atoms with Gasteiger partial charge in [-0.3, -0.25) is 0 Å². The largest absolute Gasteiger partial charge is 0.446 e. The van der Waals surface area contributed by atoms with Crippen LogP contribution in [-0.2, 0) is 4.74 Å². The number of allylic oxidation sites excluding steroid dienone is 1. The molecule has 0 spiro atoms. The fourth-order valence-electron chi connectivity index (χ4n) is 12.0. The third-order valence-corrected chi connectivity index (χ3v) is 15.2. The maximum atomic E-state index is 13.0. The van der Waals surface area contributed by atoms with Crippen molar-refractivity contribution in [3.63, 3.8) is 0 Å². The third kappa shape index (κ3) is 11.5. The molecule has 11 atom stereocenters. The molecule has 0 heterocycles. The highest BCUT2D eigenvalue weighted by Crippen LogP contribution is 2.67. The van der Waals surface area contributed by atoms with Crippen molar-refractivity contribution in [2.45, 2.75) is 220 Å². The van der Waals surface area contributed by atoms with Crippen molar-refractivity contribution in [2.75, 3.05) is 6.61 Å². The van der Waals surface area contributed by atoms with Crippen molar-refractivity contribution in [3.05, 3.63) is 11.6 Å². The summed E-state index contributed by atoms with van der Waals surface area (Å²) in [5.41, 5.74) is 2.14. The highest BCUT2D eigenvalue weighted by Gasteiger charge is 2.59. The van der Waals surface area contributed by atoms with Crippen LogP contribution in [0.15, 0.2) is 11.6 Å². The number of ether oxygens (including phenoxy) is 1. The van der Waals surface area contributed by atoms with Gasteiger partial charge in [-0.05, 0) is 97.7 Å². The van der Waals surface area contributed by atoms with E-state index in [0.29, 0.717) is 11.8 Å². The number of carbonyl (C=O) groups excluding carboxylic acids is 1. The molecule has 0 aromatic rings. The van der Waals surface area contributed by atoms with Gasteiger partial charge in [-0.25, -0.2) is 4.79 Å². The van der Waals surface area contributed by atoms with Crippen LogP contribution >= 0.6 is 0 Å². The number of carbonyl (C=O) groups is 1. The molecule has 0 aromatic heterocycles. The molecule has 0 bridgehead atoms. The van der Waals surface area contributed by atoms with E-state index in [-0.39, 0.29) is 11.5 Å². The van der Waals surface area contributed by atoms with Gasteiger partial charge >= 0.3 is 6.09 Å². The zero-order chi connectivity index (χ0) is 37.7. The van der Waals surface area contributed by atoms with Crippen LogP contribution in [0.4, 0.5) is 4.79 Å². The van der Waals surface area contributed by atoms with Crippen LogP contribution in [0.1, 0.15) is 196 Å². The normalized spacial score (nSPS) is 32.3. The molecule has 52 heavy (non-hydrogen) atoms. The summed E-state index contributed by atoms with van der Waals surface area (Å²) in [6.07, 6.45) is 28.3. The van der Waals surface area contributed by atoms with Crippen LogP contribution in [0.25, 0.3) is 0 Å². The standard InChI is InChI=1S/C46H83NO5/c1-7-8-9-10-11-12-13-14-15-16-17-18-22-42(49)43(50)41(32-48)47-44(51)52-36-27-29-45(5)35(31-36)23-24-37-39-26-25-38(34(4)21-19-20-33(2)3)46(39,6)30-28-40(37)45/h23,33-34,36-43,48-50H,7-22,24-32H2,1-6H3,(H,47,51)/t34-,36?,37?,38-,39?,40?,41+,42-,43+,45+,46-/m1/s1. The first kappa shape index (κ1) is 43.6. The Morgan fingerprint density at radius 3 is 2.12 bits per heavy atom. The zero-order valence-electron chi connectivity index (χ0n) is 34.7. The molecule has 302 valence electrons. The summed E-state index contributed by atoms with van der Waals surface area (Å²) in [5, 5.41) is 34.2. The Labute approximate surface area is 320 Å². The molecule has 4 aliphatic carbocycles. The van der Waals surface area contributed by atoms with Crippen molar-refractivity contribution in [1.82, 2.24) is 5.32 Å². The van der Waals surface area contributed by atoms with Crippen molar-refractivity contribution in [1.29, 1.82) is 0 Å². The van der Waals surface area contributed by atoms with Gasteiger partial charge in [-0.1, -0.05) is 150 Å². The third-order valence-electron chi connectivity index (χ3n) is 15.2. The molecule has 0 radical (unpaired) electrons. The number of hydrogen-bond donors (Lipinski definition) is 4. The first-order valence-electron chi connectivity index (χ1n) is 22.6. The van der Waals surface area contributed by atoms with Crippen molar-refractivity contribution >= 4 is 6.09 Å². The van der Waals surface area contributed by atoms with E-state index >= 15 is 0 Å². The Morgan fingerprint density at radius 1 is 0.827 bits per heavy atom. The van der Waals surface area contributed by atoms with E-state index in [1.165, 1.54) is 115 Å². The van der Waals surface area contributed by atoms with E-state index in [1.54, 1.807) is 0 Å². The second-order valence-corrected chi connectivity index (χ2v) is 19.2. The Hall–Kier alpha value is -1.11. The monoisotopic (exact) mass is 730 g/mol. The van der Waals surface area contributed by atoms with Gasteiger partial charge in [0, 0.05) is 6.42 Å². The SMILES string of the molecule is CCCCCCCCCCCCCC[C@@H](O)[C@@H](O)[C@H](CO)NC(=O)OC1CC[C@@]2(C)C(=CCC3C2CC[C@@]2(C)C3CC[C@@H]2[C@H](C)CCCC(C)C)C1. The molecule has 4 N–H and O–H groups in total. The first-order valence-corrected chi connectivity index (χ1v) is 22.6. The Balaban J connectivity index is 1.18. The zero-order valence-corrected chi connectivity index (χ0v) is 34.7. The van der Waals surface area contributed by atoms with Crippen LogP contribution in [0.2, 0.25) is 0 Å². The number of unbranched alkanes of at least 4 members (excludes halogenated alkanes) is 11. The molecule has 4 aliphatic rings. The van der Waals surface area contributed by atoms with E-state index in [1.807, 2.05) is 0 Å². The Kier molecular flexibility index (Phi) is 17.8. The average Bonchev–Trinajstić information content (AvgIpc) is 3.48. The summed E-state index contributed by atoms with van der Waals surface area (Å²) in [5.74, 6) is 4.81. The number of fused-ring (bicyclic) bond motifs is 5. The van der Waals surface area contributed by atoms with Gasteiger partial charge in [-0.15, -0.1) is 0 Å². The minimum absolute atomic E-state index is 0.184. The van der Waals surface area contributed by atoms with E-state index < -0.39 is 30.9 Å². The molecule has 4 unspecified atom stereocenters. The highest BCUT2D eigenvalue weighted by molar-refractivity contribution is 5.68. The number of alkyl carbamates (subject to hydrolysis) is 1. The number of hydrogen-bond acceptors (Lipinski definition) is 5. The van der Waals surface area contributed by atoms with E-state index in [2.05, 4.69) is 52.9 Å². The summed E-state index contributed by atoms with van der Waals surface area (Å²) < 4.78 is 5.94. The molecular weight excluding hydrogens is 647 g/mol. The van der Waals surface area contributed by atoms with Crippen molar-refractivity contribution in [2.24, 2.45) is 46.3 Å². The maximum absolute atomic E-state index is 13.0. The average molecular weight is 730 g/mol. The number of aliphatic hydroxyl groups excluding tert-OH is 3. The predicted octanol–water partition coefficient (Wildman–Crippen LogP) is 11.3. The van der Waals surface area contributed by atoms with Crippen LogP contribution in [0, 0.1) is 46.3 Å². The minimum Gasteiger partial charge on any atom is -0.446 e. The lowest BCUT2D eigenvalue weighted by Crippen LogP contribution is -2.52. The molecule has 0 saturated heterocycles. The number of nitrogens with one attached hydrogen (secondary N) is 1. The van der Waals surface area contributed by atoms with Crippen molar-refractivity contribution in [3.8, 4) is 0 Å². The summed E-state index contributed by atoms with van der Waals surface area (Å²) in [7, 11) is 0. The molecule has 6 nitrogen and oxygen atoms in total. The molecular formula is C46H83NO5. The fraction of sp³-hybridized carbons (Fsp3) is 0.935. The van der Waals surface area contributed by atoms with E-state index in [9.17, 15) is 20.1 Å². The lowest BCUT2D eigenvalue weighted by Gasteiger charge is -2.58. The lowest BCUT2D eigenvalue weighted by molar-refractivity contribution is -0.0589. The second-order valence-electron chi connectivity index (χ2n) is 19.2. The summed E-state index contributed by atoms with van der Waals surface area (Å²) in [6.45, 7) is 14.2. The highest BCUT2D eigenvalue weighted by atomic mass is 16.6. The van der Waals surface area contributed by atoms with Crippen LogP contribution < -0.4 is 5.32 Å². The molecule has 0 aliphatic heterocycles. The number of rotatable bonds is 23. The van der Waals surface area contributed by atoms with Crippen LogP contribution in [-0.4, -0.2) is 52.4 Å². The van der Waals surface area contributed by atoms with Gasteiger partial charge in [0.05, 0.1) is 18.8 Å². The number of aliphatic hydroxyl groups is 3. The quantitative estimate of drug-likeness (QED) is 0.0620. The van der Waals surface area contributed by atoms with Gasteiger partial charge in [-0.2, -0.15) is 0 Å². The molecule has 1 amide bonds. The van der Waals surface area contributed by atoms with E-state index in [0.717, 1.165) is 74.0 Å². The van der Waals surface area contributed by atoms with Gasteiger partial charge in [0.1, 0.15) is 12.2 Å². The Morgan fingerprint density at radius 2 is 1.48 bits per heavy atom. The van der Waals surface area contributed by atoms with Gasteiger partial charge < -0.3 is 25.4 Å². The molecule has 4 rings (SSSR count). The molecule has 0 aromatic carbocycles. The number of amides is 1. The second kappa shape index (κ2) is 21.3. The summed E-state index contributed by atoms with van der Waals surface area (Å²) in [4.78, 5) is 13.0. The maximum Gasteiger partial charge on any atom is 0.407 e. The minimum atomic E-state index is -1.23. The van der Waals surface area contributed by atoms with Gasteiger partial charge in [0.25, 0.3) is 0 Å². The molecule has 3 saturated carbocycles. The molecule has 6 heteroatoms. The first-order chi connectivity index (χ1) is 24.9.